The molecule has 1 aliphatic carbocycles. The normalized spacial score (nSPS) is 15.3. The van der Waals surface area contributed by atoms with Crippen LogP contribution in [0.3, 0.4) is 0 Å². The second-order valence-corrected chi connectivity index (χ2v) is 5.99. The highest BCUT2D eigenvalue weighted by molar-refractivity contribution is 5.92. The molecule has 1 saturated carbocycles. The zero-order valence-corrected chi connectivity index (χ0v) is 13.5. The predicted molar refractivity (Wildman–Crippen MR) is 84.3 cm³/mol. The van der Waals surface area contributed by atoms with E-state index in [2.05, 4.69) is 5.32 Å². The number of nitrogens with zero attached hydrogens (tertiary/aromatic N) is 1. The third kappa shape index (κ3) is 4.72. The van der Waals surface area contributed by atoms with Crippen LogP contribution in [-0.2, 0) is 15.8 Å². The third-order valence-corrected chi connectivity index (χ3v) is 4.26. The molecule has 0 radical (unpaired) electrons. The molecule has 1 N–H and O–H groups in total. The Labute approximate surface area is 139 Å². The van der Waals surface area contributed by atoms with Crippen LogP contribution < -0.4 is 5.32 Å². The molecule has 132 valence electrons. The van der Waals surface area contributed by atoms with Crippen molar-refractivity contribution in [2.75, 3.05) is 11.9 Å². The molecule has 24 heavy (non-hydrogen) atoms. The molecule has 1 aromatic carbocycles. The molecule has 2 rings (SSSR count). The molecule has 0 unspecified atom stereocenters. The summed E-state index contributed by atoms with van der Waals surface area (Å²) in [5, 5.41) is 2.31. The maximum atomic E-state index is 12.9. The number of hydrogen-bond acceptors (Lipinski definition) is 2. The number of hydrogen-bond donors (Lipinski definition) is 1. The van der Waals surface area contributed by atoms with Crippen molar-refractivity contribution in [3.05, 3.63) is 29.8 Å². The average Bonchev–Trinajstić information content (AvgIpc) is 3.00. The molecule has 7 heteroatoms. The van der Waals surface area contributed by atoms with Gasteiger partial charge in [-0.05, 0) is 25.0 Å². The molecule has 0 saturated heterocycles. The fraction of sp³-hybridized carbons (Fsp3) is 0.529. The number of carbonyl (C=O) groups excluding carboxylic acids is 2. The fourth-order valence-electron chi connectivity index (χ4n) is 3.09. The molecule has 1 fully saturated rings. The van der Waals surface area contributed by atoms with Crippen LogP contribution in [0, 0.1) is 0 Å². The Kier molecular flexibility index (Phi) is 5.85. The first-order chi connectivity index (χ1) is 11.3. The molecule has 1 aliphatic rings. The van der Waals surface area contributed by atoms with Gasteiger partial charge in [0.2, 0.25) is 11.8 Å². The van der Waals surface area contributed by atoms with Crippen molar-refractivity contribution in [2.45, 2.75) is 51.2 Å². The largest absolute Gasteiger partial charge is 0.418 e. The lowest BCUT2D eigenvalue weighted by Crippen LogP contribution is -2.39. The molecule has 0 heterocycles. The van der Waals surface area contributed by atoms with E-state index in [9.17, 15) is 22.8 Å². The number of alkyl halides is 3. The molecule has 0 bridgehead atoms. The summed E-state index contributed by atoms with van der Waals surface area (Å²) in [6.45, 7) is 1.68. The summed E-state index contributed by atoms with van der Waals surface area (Å²) in [4.78, 5) is 25.4. The monoisotopic (exact) mass is 342 g/mol. The predicted octanol–water partition coefficient (Wildman–Crippen LogP) is 3.83. The number of anilines is 1. The van der Waals surface area contributed by atoms with E-state index >= 15 is 0 Å². The summed E-state index contributed by atoms with van der Waals surface area (Å²) in [5.41, 5.74) is -1.14. The number of rotatable bonds is 5. The van der Waals surface area contributed by atoms with Gasteiger partial charge < -0.3 is 10.2 Å². The van der Waals surface area contributed by atoms with Crippen LogP contribution in [0.5, 0.6) is 0 Å². The van der Waals surface area contributed by atoms with Crippen molar-refractivity contribution >= 4 is 17.5 Å². The zero-order valence-electron chi connectivity index (χ0n) is 13.5. The molecule has 0 aromatic heterocycles. The van der Waals surface area contributed by atoms with Crippen molar-refractivity contribution in [1.29, 1.82) is 0 Å². The van der Waals surface area contributed by atoms with Gasteiger partial charge in [0, 0.05) is 25.9 Å². The third-order valence-electron chi connectivity index (χ3n) is 4.26. The van der Waals surface area contributed by atoms with Crippen molar-refractivity contribution in [2.24, 2.45) is 0 Å². The van der Waals surface area contributed by atoms with Gasteiger partial charge in [0.1, 0.15) is 0 Å². The summed E-state index contributed by atoms with van der Waals surface area (Å²) in [6, 6.07) is 5.00. The van der Waals surface area contributed by atoms with E-state index in [0.29, 0.717) is 0 Å². The van der Waals surface area contributed by atoms with Gasteiger partial charge in [0.15, 0.2) is 0 Å². The second-order valence-electron chi connectivity index (χ2n) is 5.99. The van der Waals surface area contributed by atoms with Crippen LogP contribution in [0.1, 0.15) is 44.6 Å². The van der Waals surface area contributed by atoms with E-state index in [1.807, 2.05) is 0 Å². The molecular weight excluding hydrogens is 321 g/mol. The van der Waals surface area contributed by atoms with E-state index in [4.69, 9.17) is 0 Å². The molecule has 0 aliphatic heterocycles. The molecule has 4 nitrogen and oxygen atoms in total. The number of benzene rings is 1. The van der Waals surface area contributed by atoms with Crippen LogP contribution >= 0.6 is 0 Å². The second kappa shape index (κ2) is 7.68. The highest BCUT2D eigenvalue weighted by Crippen LogP contribution is 2.34. The van der Waals surface area contributed by atoms with Crippen LogP contribution in [0.25, 0.3) is 0 Å². The maximum absolute atomic E-state index is 12.9. The highest BCUT2D eigenvalue weighted by atomic mass is 19.4. The van der Waals surface area contributed by atoms with E-state index in [1.54, 1.807) is 4.90 Å². The molecular formula is C17H21F3N2O2. The maximum Gasteiger partial charge on any atom is 0.418 e. The van der Waals surface area contributed by atoms with Crippen LogP contribution in [-0.4, -0.2) is 29.3 Å². The average molecular weight is 342 g/mol. The Morgan fingerprint density at radius 2 is 1.83 bits per heavy atom. The summed E-state index contributed by atoms with van der Waals surface area (Å²) in [6.07, 6.45) is -0.614. The Hall–Kier alpha value is -2.05. The number of halogens is 3. The van der Waals surface area contributed by atoms with Crippen LogP contribution in [0.4, 0.5) is 18.9 Å². The quantitative estimate of drug-likeness (QED) is 0.884. The van der Waals surface area contributed by atoms with E-state index in [-0.39, 0.29) is 30.6 Å². The van der Waals surface area contributed by atoms with Crippen LogP contribution in [0.2, 0.25) is 0 Å². The van der Waals surface area contributed by atoms with Gasteiger partial charge in [-0.1, -0.05) is 25.0 Å². The zero-order chi connectivity index (χ0) is 17.7. The lowest BCUT2D eigenvalue weighted by atomic mass is 10.1. The first-order valence-electron chi connectivity index (χ1n) is 8.02. The van der Waals surface area contributed by atoms with Crippen molar-refractivity contribution in [1.82, 2.24) is 4.90 Å². The summed E-state index contributed by atoms with van der Waals surface area (Å²) >= 11 is 0. The first kappa shape index (κ1) is 18.3. The lowest BCUT2D eigenvalue weighted by Gasteiger charge is -2.27. The van der Waals surface area contributed by atoms with Gasteiger partial charge >= 0.3 is 6.18 Å². The smallest absolute Gasteiger partial charge is 0.339 e. The number of para-hydroxylation sites is 1. The fourth-order valence-corrected chi connectivity index (χ4v) is 3.09. The minimum Gasteiger partial charge on any atom is -0.339 e. The molecule has 2 amide bonds. The summed E-state index contributed by atoms with van der Waals surface area (Å²) < 4.78 is 38.8. The van der Waals surface area contributed by atoms with Gasteiger partial charge in [-0.25, -0.2) is 0 Å². The molecule has 0 spiro atoms. The van der Waals surface area contributed by atoms with Crippen molar-refractivity contribution in [3.8, 4) is 0 Å². The Balaban J connectivity index is 1.97. The van der Waals surface area contributed by atoms with Gasteiger partial charge in [-0.3, -0.25) is 9.59 Å². The summed E-state index contributed by atoms with van der Waals surface area (Å²) in [7, 11) is 0. The number of nitrogens with one attached hydrogen (secondary N) is 1. The standard InChI is InChI=1S/C17H21F3N2O2/c1-12(23)22(13-6-2-3-7-13)11-10-16(24)21-15-9-5-4-8-14(15)17(18,19)20/h4-5,8-9,13H,2-3,6-7,10-11H2,1H3,(H,21,24). The van der Waals surface area contributed by atoms with Crippen molar-refractivity contribution < 1.29 is 22.8 Å². The minimum atomic E-state index is -4.53. The van der Waals surface area contributed by atoms with Gasteiger partial charge in [-0.2, -0.15) is 13.2 Å². The first-order valence-corrected chi connectivity index (χ1v) is 8.02. The topological polar surface area (TPSA) is 49.4 Å². The number of carbonyl (C=O) groups is 2. The van der Waals surface area contributed by atoms with E-state index in [1.165, 1.54) is 25.1 Å². The SMILES string of the molecule is CC(=O)N(CCC(=O)Nc1ccccc1C(F)(F)F)C1CCCC1. The highest BCUT2D eigenvalue weighted by Gasteiger charge is 2.33. The van der Waals surface area contributed by atoms with Crippen molar-refractivity contribution in [3.63, 3.8) is 0 Å². The lowest BCUT2D eigenvalue weighted by molar-refractivity contribution is -0.137. The minimum absolute atomic E-state index is 0.0255. The van der Waals surface area contributed by atoms with Gasteiger partial charge in [0.05, 0.1) is 11.3 Å². The van der Waals surface area contributed by atoms with E-state index < -0.39 is 17.6 Å². The Morgan fingerprint density at radius 3 is 2.42 bits per heavy atom. The molecule has 0 atom stereocenters. The Bertz CT molecular complexity index is 596. The molecule has 1 aromatic rings. The van der Waals surface area contributed by atoms with E-state index in [0.717, 1.165) is 31.7 Å². The summed E-state index contributed by atoms with van der Waals surface area (Å²) in [5.74, 6) is -0.638. The Morgan fingerprint density at radius 1 is 1.21 bits per heavy atom. The van der Waals surface area contributed by atoms with Gasteiger partial charge in [0.25, 0.3) is 0 Å². The number of amides is 2. The van der Waals surface area contributed by atoms with Gasteiger partial charge in [-0.15, -0.1) is 0 Å². The van der Waals surface area contributed by atoms with Crippen LogP contribution in [0.15, 0.2) is 24.3 Å².